The molecular weight excluding hydrogens is 214 g/mol. The quantitative estimate of drug-likeness (QED) is 0.838. The summed E-state index contributed by atoms with van der Waals surface area (Å²) in [7, 11) is 0. The fraction of sp³-hybridized carbons (Fsp3) is 0.500. The Kier molecular flexibility index (Phi) is 5.04. The van der Waals surface area contributed by atoms with Crippen molar-refractivity contribution in [1.82, 2.24) is 5.32 Å². The molecule has 1 atom stereocenters. The highest BCUT2D eigenvalue weighted by atomic mass is 32.2. The van der Waals surface area contributed by atoms with Crippen molar-refractivity contribution in [2.75, 3.05) is 12.8 Å². The first kappa shape index (κ1) is 11.6. The summed E-state index contributed by atoms with van der Waals surface area (Å²) < 4.78 is 0. The molecule has 0 fully saturated rings. The molecule has 0 unspecified atom stereocenters. The zero-order valence-electron chi connectivity index (χ0n) is 8.45. The third kappa shape index (κ3) is 3.72. The lowest BCUT2D eigenvalue weighted by Gasteiger charge is -2.08. The first-order valence-corrected chi connectivity index (χ1v) is 6.78. The largest absolute Gasteiger partial charge is 0.355 e. The van der Waals surface area contributed by atoms with Crippen LogP contribution in [-0.2, 0) is 11.2 Å². The van der Waals surface area contributed by atoms with E-state index in [-0.39, 0.29) is 11.2 Å². The summed E-state index contributed by atoms with van der Waals surface area (Å²) in [5, 5.41) is 7.14. The Hall–Kier alpha value is -0.480. The average Bonchev–Trinajstić information content (AvgIpc) is 2.69. The van der Waals surface area contributed by atoms with Crippen LogP contribution in [0.15, 0.2) is 16.8 Å². The summed E-state index contributed by atoms with van der Waals surface area (Å²) in [5.41, 5.74) is 1.30. The van der Waals surface area contributed by atoms with Gasteiger partial charge in [-0.15, -0.1) is 0 Å². The molecule has 0 aromatic carbocycles. The van der Waals surface area contributed by atoms with E-state index >= 15 is 0 Å². The number of thioether (sulfide) groups is 1. The Morgan fingerprint density at radius 1 is 1.71 bits per heavy atom. The minimum atomic E-state index is 0.0532. The number of carbonyl (C=O) groups is 1. The van der Waals surface area contributed by atoms with Gasteiger partial charge in [0.05, 0.1) is 5.25 Å². The maximum atomic E-state index is 11.4. The van der Waals surface area contributed by atoms with Crippen LogP contribution >= 0.6 is 23.1 Å². The van der Waals surface area contributed by atoms with Gasteiger partial charge >= 0.3 is 0 Å². The van der Waals surface area contributed by atoms with Gasteiger partial charge in [0.1, 0.15) is 0 Å². The third-order valence-electron chi connectivity index (χ3n) is 2.02. The molecular formula is C10H15NOS2. The standard InChI is InChI=1S/C10H15NOS2/c1-8(13-2)10(12)11-5-3-9-4-6-14-7-9/h4,6-8H,3,5H2,1-2H3,(H,11,12)/t8-/m0/s1. The third-order valence-corrected chi connectivity index (χ3v) is 3.67. The van der Waals surface area contributed by atoms with E-state index in [1.807, 2.05) is 13.2 Å². The summed E-state index contributed by atoms with van der Waals surface area (Å²) in [6, 6.07) is 2.09. The van der Waals surface area contributed by atoms with Crippen molar-refractivity contribution in [3.05, 3.63) is 22.4 Å². The molecule has 2 nitrogen and oxygen atoms in total. The van der Waals surface area contributed by atoms with Crippen molar-refractivity contribution >= 4 is 29.0 Å². The summed E-state index contributed by atoms with van der Waals surface area (Å²) in [5.74, 6) is 0.132. The lowest BCUT2D eigenvalue weighted by atomic mass is 10.2. The molecule has 1 aromatic heterocycles. The number of nitrogens with one attached hydrogen (secondary N) is 1. The van der Waals surface area contributed by atoms with Crippen molar-refractivity contribution in [1.29, 1.82) is 0 Å². The summed E-state index contributed by atoms with van der Waals surface area (Å²) in [6.07, 6.45) is 2.87. The van der Waals surface area contributed by atoms with Gasteiger partial charge in [-0.05, 0) is 42.0 Å². The fourth-order valence-corrected chi connectivity index (χ4v) is 2.02. The van der Waals surface area contributed by atoms with Crippen molar-refractivity contribution < 1.29 is 4.79 Å². The zero-order valence-corrected chi connectivity index (χ0v) is 10.1. The van der Waals surface area contributed by atoms with Crippen LogP contribution in [0.2, 0.25) is 0 Å². The van der Waals surface area contributed by atoms with Crippen LogP contribution in [-0.4, -0.2) is 24.0 Å². The van der Waals surface area contributed by atoms with Crippen molar-refractivity contribution in [2.24, 2.45) is 0 Å². The predicted octanol–water partition coefficient (Wildman–Crippen LogP) is 2.16. The minimum absolute atomic E-state index is 0.0532. The molecule has 0 aliphatic heterocycles. The maximum absolute atomic E-state index is 11.4. The molecule has 0 aliphatic carbocycles. The number of thiophene rings is 1. The van der Waals surface area contributed by atoms with E-state index in [9.17, 15) is 4.79 Å². The Morgan fingerprint density at radius 2 is 2.50 bits per heavy atom. The van der Waals surface area contributed by atoms with E-state index in [1.54, 1.807) is 23.1 Å². The van der Waals surface area contributed by atoms with E-state index in [4.69, 9.17) is 0 Å². The number of hydrogen-bond acceptors (Lipinski definition) is 3. The number of hydrogen-bond donors (Lipinski definition) is 1. The lowest BCUT2D eigenvalue weighted by molar-refractivity contribution is -0.120. The SMILES string of the molecule is CS[C@@H](C)C(=O)NCCc1ccsc1. The van der Waals surface area contributed by atoms with Crippen LogP contribution in [0.4, 0.5) is 0 Å². The fourth-order valence-electron chi connectivity index (χ4n) is 1.02. The molecule has 78 valence electrons. The van der Waals surface area contributed by atoms with Gasteiger partial charge < -0.3 is 5.32 Å². The second-order valence-electron chi connectivity index (χ2n) is 3.05. The van der Waals surface area contributed by atoms with Crippen LogP contribution in [0, 0.1) is 0 Å². The normalized spacial score (nSPS) is 12.4. The number of carbonyl (C=O) groups excluding carboxylic acids is 1. The van der Waals surface area contributed by atoms with Crippen LogP contribution in [0.1, 0.15) is 12.5 Å². The van der Waals surface area contributed by atoms with Gasteiger partial charge in [-0.2, -0.15) is 23.1 Å². The number of amides is 1. The molecule has 1 aromatic rings. The van der Waals surface area contributed by atoms with Crippen molar-refractivity contribution in [3.63, 3.8) is 0 Å². The lowest BCUT2D eigenvalue weighted by Crippen LogP contribution is -2.32. The van der Waals surface area contributed by atoms with Crippen molar-refractivity contribution in [3.8, 4) is 0 Å². The summed E-state index contributed by atoms with van der Waals surface area (Å²) >= 11 is 3.26. The van der Waals surface area contributed by atoms with E-state index in [0.29, 0.717) is 0 Å². The molecule has 0 radical (unpaired) electrons. The second kappa shape index (κ2) is 6.09. The molecule has 1 amide bonds. The molecule has 0 bridgehead atoms. The van der Waals surface area contributed by atoms with Crippen LogP contribution in [0.3, 0.4) is 0 Å². The van der Waals surface area contributed by atoms with Crippen molar-refractivity contribution in [2.45, 2.75) is 18.6 Å². The van der Waals surface area contributed by atoms with Gasteiger partial charge in [0.2, 0.25) is 5.91 Å². The minimum Gasteiger partial charge on any atom is -0.355 e. The van der Waals surface area contributed by atoms with Gasteiger partial charge in [-0.1, -0.05) is 0 Å². The second-order valence-corrected chi connectivity index (χ2v) is 5.01. The monoisotopic (exact) mass is 229 g/mol. The van der Waals surface area contributed by atoms with E-state index < -0.39 is 0 Å². The van der Waals surface area contributed by atoms with Gasteiger partial charge in [0.25, 0.3) is 0 Å². The zero-order chi connectivity index (χ0) is 10.4. The molecule has 0 saturated carbocycles. The Balaban J connectivity index is 2.18. The first-order chi connectivity index (χ1) is 6.74. The molecule has 0 saturated heterocycles. The maximum Gasteiger partial charge on any atom is 0.232 e. The molecule has 1 N–H and O–H groups in total. The molecule has 0 aliphatic rings. The van der Waals surface area contributed by atoms with E-state index in [0.717, 1.165) is 13.0 Å². The van der Waals surface area contributed by atoms with Crippen LogP contribution in [0.5, 0.6) is 0 Å². The van der Waals surface area contributed by atoms with Crippen LogP contribution < -0.4 is 5.32 Å². The predicted molar refractivity (Wildman–Crippen MR) is 64.0 cm³/mol. The van der Waals surface area contributed by atoms with E-state index in [2.05, 4.69) is 22.1 Å². The first-order valence-electron chi connectivity index (χ1n) is 4.55. The highest BCUT2D eigenvalue weighted by Crippen LogP contribution is 2.07. The summed E-state index contributed by atoms with van der Waals surface area (Å²) in [4.78, 5) is 11.4. The molecule has 14 heavy (non-hydrogen) atoms. The number of rotatable bonds is 5. The highest BCUT2D eigenvalue weighted by molar-refractivity contribution is 7.99. The average molecular weight is 229 g/mol. The van der Waals surface area contributed by atoms with Gasteiger partial charge in [-0.25, -0.2) is 0 Å². The van der Waals surface area contributed by atoms with E-state index in [1.165, 1.54) is 5.56 Å². The Bertz CT molecular complexity index is 272. The van der Waals surface area contributed by atoms with Crippen LogP contribution in [0.25, 0.3) is 0 Å². The molecule has 0 spiro atoms. The molecule has 4 heteroatoms. The smallest absolute Gasteiger partial charge is 0.232 e. The van der Waals surface area contributed by atoms with Gasteiger partial charge in [-0.3, -0.25) is 4.79 Å². The van der Waals surface area contributed by atoms with Gasteiger partial charge in [0.15, 0.2) is 0 Å². The van der Waals surface area contributed by atoms with Gasteiger partial charge in [0, 0.05) is 6.54 Å². The highest BCUT2D eigenvalue weighted by Gasteiger charge is 2.09. The Labute approximate surface area is 93.1 Å². The topological polar surface area (TPSA) is 29.1 Å². The molecule has 1 heterocycles. The summed E-state index contributed by atoms with van der Waals surface area (Å²) in [6.45, 7) is 2.66. The Morgan fingerprint density at radius 3 is 3.07 bits per heavy atom. The molecule has 1 rings (SSSR count).